The van der Waals surface area contributed by atoms with Gasteiger partial charge < -0.3 is 10.6 Å². The molecule has 3 heteroatoms. The van der Waals surface area contributed by atoms with E-state index in [1.165, 1.54) is 11.3 Å². The molecule has 1 aliphatic heterocycles. The SMILES string of the molecule is CC[C@@H](CC1C=Cc2ccccc2N1)NC(C)=O. The molecule has 1 amide bonds. The van der Waals surface area contributed by atoms with Gasteiger partial charge in [0.1, 0.15) is 0 Å². The van der Waals surface area contributed by atoms with E-state index < -0.39 is 0 Å². The van der Waals surface area contributed by atoms with Crippen molar-refractivity contribution >= 4 is 17.7 Å². The first-order valence-corrected chi connectivity index (χ1v) is 6.50. The molecule has 1 unspecified atom stereocenters. The summed E-state index contributed by atoms with van der Waals surface area (Å²) in [6.07, 6.45) is 6.19. The van der Waals surface area contributed by atoms with Crippen molar-refractivity contribution in [2.24, 2.45) is 0 Å². The Morgan fingerprint density at radius 3 is 2.94 bits per heavy atom. The van der Waals surface area contributed by atoms with Gasteiger partial charge in [-0.05, 0) is 24.5 Å². The maximum absolute atomic E-state index is 11.1. The fraction of sp³-hybridized carbons (Fsp3) is 0.400. The molecule has 3 nitrogen and oxygen atoms in total. The van der Waals surface area contributed by atoms with Crippen LogP contribution in [0.1, 0.15) is 32.3 Å². The number of hydrogen-bond acceptors (Lipinski definition) is 2. The van der Waals surface area contributed by atoms with Crippen molar-refractivity contribution in [2.45, 2.75) is 38.8 Å². The molecule has 0 saturated heterocycles. The number of rotatable bonds is 4. The Labute approximate surface area is 108 Å². The number of carbonyl (C=O) groups is 1. The highest BCUT2D eigenvalue weighted by molar-refractivity contribution is 5.73. The molecule has 2 atom stereocenters. The third kappa shape index (κ3) is 3.13. The zero-order chi connectivity index (χ0) is 13.0. The summed E-state index contributed by atoms with van der Waals surface area (Å²) in [4.78, 5) is 11.1. The van der Waals surface area contributed by atoms with Gasteiger partial charge in [-0.3, -0.25) is 4.79 Å². The molecule has 0 saturated carbocycles. The van der Waals surface area contributed by atoms with Crippen LogP contribution in [0.4, 0.5) is 5.69 Å². The summed E-state index contributed by atoms with van der Waals surface area (Å²) in [6.45, 7) is 3.67. The zero-order valence-corrected chi connectivity index (χ0v) is 10.9. The van der Waals surface area contributed by atoms with Crippen LogP contribution in [-0.4, -0.2) is 18.0 Å². The average molecular weight is 244 g/mol. The number of benzene rings is 1. The number of para-hydroxylation sites is 1. The van der Waals surface area contributed by atoms with Crippen molar-refractivity contribution in [3.8, 4) is 0 Å². The summed E-state index contributed by atoms with van der Waals surface area (Å²) in [5.74, 6) is 0.0436. The maximum Gasteiger partial charge on any atom is 0.217 e. The summed E-state index contributed by atoms with van der Waals surface area (Å²) in [6, 6.07) is 8.78. The molecule has 0 aliphatic carbocycles. The third-order valence-electron chi connectivity index (χ3n) is 3.25. The number of anilines is 1. The van der Waals surface area contributed by atoms with E-state index in [-0.39, 0.29) is 18.0 Å². The van der Waals surface area contributed by atoms with Crippen LogP contribution in [0, 0.1) is 0 Å². The summed E-state index contributed by atoms with van der Waals surface area (Å²) in [5.41, 5.74) is 2.39. The van der Waals surface area contributed by atoms with E-state index >= 15 is 0 Å². The smallest absolute Gasteiger partial charge is 0.217 e. The number of fused-ring (bicyclic) bond motifs is 1. The predicted octanol–water partition coefficient (Wildman–Crippen LogP) is 2.80. The topological polar surface area (TPSA) is 41.1 Å². The van der Waals surface area contributed by atoms with Gasteiger partial charge >= 0.3 is 0 Å². The van der Waals surface area contributed by atoms with Crippen LogP contribution < -0.4 is 10.6 Å². The van der Waals surface area contributed by atoms with E-state index in [4.69, 9.17) is 0 Å². The van der Waals surface area contributed by atoms with Crippen LogP contribution in [0.25, 0.3) is 6.08 Å². The van der Waals surface area contributed by atoms with Crippen LogP contribution in [0.5, 0.6) is 0 Å². The lowest BCUT2D eigenvalue weighted by Gasteiger charge is -2.26. The number of amides is 1. The Kier molecular flexibility index (Phi) is 4.03. The molecular formula is C15H20N2O. The Balaban J connectivity index is 1.99. The fourth-order valence-corrected chi connectivity index (χ4v) is 2.30. The number of carbonyl (C=O) groups excluding carboxylic acids is 1. The van der Waals surface area contributed by atoms with E-state index in [9.17, 15) is 4.79 Å². The normalized spacial score (nSPS) is 18.7. The van der Waals surface area contributed by atoms with Crippen molar-refractivity contribution in [1.82, 2.24) is 5.32 Å². The lowest BCUT2D eigenvalue weighted by molar-refractivity contribution is -0.119. The molecule has 1 aromatic rings. The minimum atomic E-state index is 0.0436. The second-order valence-corrected chi connectivity index (χ2v) is 4.74. The van der Waals surface area contributed by atoms with Gasteiger partial charge in [0.25, 0.3) is 0 Å². The van der Waals surface area contributed by atoms with Crippen LogP contribution >= 0.6 is 0 Å². The quantitative estimate of drug-likeness (QED) is 0.855. The van der Waals surface area contributed by atoms with E-state index in [1.54, 1.807) is 6.92 Å². The fourth-order valence-electron chi connectivity index (χ4n) is 2.30. The largest absolute Gasteiger partial charge is 0.378 e. The Bertz CT molecular complexity index is 454. The lowest BCUT2D eigenvalue weighted by atomic mass is 9.99. The van der Waals surface area contributed by atoms with Crippen LogP contribution in [0.2, 0.25) is 0 Å². The first-order chi connectivity index (χ1) is 8.69. The molecule has 2 N–H and O–H groups in total. The van der Waals surface area contributed by atoms with Crippen molar-refractivity contribution in [3.05, 3.63) is 35.9 Å². The molecule has 2 rings (SSSR count). The van der Waals surface area contributed by atoms with Gasteiger partial charge in [-0.1, -0.05) is 37.3 Å². The van der Waals surface area contributed by atoms with Crippen LogP contribution in [-0.2, 0) is 4.79 Å². The molecular weight excluding hydrogens is 224 g/mol. The highest BCUT2D eigenvalue weighted by atomic mass is 16.1. The summed E-state index contributed by atoms with van der Waals surface area (Å²) in [7, 11) is 0. The van der Waals surface area contributed by atoms with Gasteiger partial charge in [-0.15, -0.1) is 0 Å². The van der Waals surface area contributed by atoms with Gasteiger partial charge in [0, 0.05) is 24.7 Å². The summed E-state index contributed by atoms with van der Waals surface area (Å²) < 4.78 is 0. The Hall–Kier alpha value is -1.77. The highest BCUT2D eigenvalue weighted by Gasteiger charge is 2.17. The van der Waals surface area contributed by atoms with E-state index in [2.05, 4.69) is 41.8 Å². The van der Waals surface area contributed by atoms with Gasteiger partial charge in [-0.2, -0.15) is 0 Å². The summed E-state index contributed by atoms with van der Waals surface area (Å²) >= 11 is 0. The highest BCUT2D eigenvalue weighted by Crippen LogP contribution is 2.24. The minimum Gasteiger partial charge on any atom is -0.378 e. The molecule has 0 fully saturated rings. The maximum atomic E-state index is 11.1. The van der Waals surface area contributed by atoms with Crippen LogP contribution in [0.3, 0.4) is 0 Å². The molecule has 1 aromatic carbocycles. The molecule has 0 bridgehead atoms. The monoisotopic (exact) mass is 244 g/mol. The zero-order valence-electron chi connectivity index (χ0n) is 10.9. The van der Waals surface area contributed by atoms with Crippen molar-refractivity contribution in [3.63, 3.8) is 0 Å². The molecule has 0 radical (unpaired) electrons. The lowest BCUT2D eigenvalue weighted by Crippen LogP contribution is -2.37. The minimum absolute atomic E-state index is 0.0436. The first-order valence-electron chi connectivity index (χ1n) is 6.50. The van der Waals surface area contributed by atoms with Gasteiger partial charge in [0.2, 0.25) is 5.91 Å². The van der Waals surface area contributed by atoms with Crippen LogP contribution in [0.15, 0.2) is 30.3 Å². The average Bonchev–Trinajstić information content (AvgIpc) is 2.37. The number of hydrogen-bond donors (Lipinski definition) is 2. The van der Waals surface area contributed by atoms with Crippen molar-refractivity contribution in [2.75, 3.05) is 5.32 Å². The predicted molar refractivity (Wildman–Crippen MR) is 75.4 cm³/mol. The summed E-state index contributed by atoms with van der Waals surface area (Å²) in [5, 5.41) is 6.48. The van der Waals surface area contributed by atoms with Crippen molar-refractivity contribution < 1.29 is 4.79 Å². The number of nitrogens with one attached hydrogen (secondary N) is 2. The van der Waals surface area contributed by atoms with Gasteiger partial charge in [-0.25, -0.2) is 0 Å². The van der Waals surface area contributed by atoms with Gasteiger partial charge in [0.05, 0.1) is 0 Å². The van der Waals surface area contributed by atoms with E-state index in [0.29, 0.717) is 0 Å². The molecule has 1 heterocycles. The second-order valence-electron chi connectivity index (χ2n) is 4.74. The molecule has 18 heavy (non-hydrogen) atoms. The van der Waals surface area contributed by atoms with Crippen molar-refractivity contribution in [1.29, 1.82) is 0 Å². The van der Waals surface area contributed by atoms with E-state index in [1.807, 2.05) is 12.1 Å². The van der Waals surface area contributed by atoms with Gasteiger partial charge in [0.15, 0.2) is 0 Å². The molecule has 1 aliphatic rings. The van der Waals surface area contributed by atoms with E-state index in [0.717, 1.165) is 12.8 Å². The standard InChI is InChI=1S/C15H20N2O/c1-3-13(16-11(2)18)10-14-9-8-12-6-4-5-7-15(12)17-14/h4-9,13-14,17H,3,10H2,1-2H3,(H,16,18)/t13-,14?/m0/s1. The Morgan fingerprint density at radius 2 is 2.22 bits per heavy atom. The molecule has 96 valence electrons. The molecule has 0 spiro atoms. The first kappa shape index (κ1) is 12.7. The third-order valence-corrected chi connectivity index (χ3v) is 3.25. The Morgan fingerprint density at radius 1 is 1.44 bits per heavy atom. The second kappa shape index (κ2) is 5.71. The molecule has 0 aromatic heterocycles.